The maximum absolute atomic E-state index is 12.4. The number of hydrogen-bond acceptors (Lipinski definition) is 6. The Labute approximate surface area is 140 Å². The lowest BCUT2D eigenvalue weighted by molar-refractivity contribution is 0.0468. The molecule has 0 unspecified atom stereocenters. The Bertz CT molecular complexity index is 693. The fourth-order valence-electron chi connectivity index (χ4n) is 2.14. The molecule has 0 aliphatic carbocycles. The van der Waals surface area contributed by atoms with Gasteiger partial charge in [-0.15, -0.1) is 0 Å². The van der Waals surface area contributed by atoms with Gasteiger partial charge in [0.1, 0.15) is 23.7 Å². The van der Waals surface area contributed by atoms with Crippen molar-refractivity contribution >= 4 is 5.97 Å². The van der Waals surface area contributed by atoms with Crippen molar-refractivity contribution in [3.05, 3.63) is 47.5 Å². The quantitative estimate of drug-likeness (QED) is 0.726. The van der Waals surface area contributed by atoms with E-state index in [1.54, 1.807) is 25.3 Å². The van der Waals surface area contributed by atoms with Crippen LogP contribution in [-0.2, 0) is 11.3 Å². The monoisotopic (exact) mass is 332 g/mol. The van der Waals surface area contributed by atoms with E-state index in [9.17, 15) is 4.79 Å². The number of carbonyl (C=O) groups excluding carboxylic acids is 1. The van der Waals surface area contributed by atoms with Crippen LogP contribution in [0.25, 0.3) is 0 Å². The minimum absolute atomic E-state index is 0.139. The van der Waals surface area contributed by atoms with E-state index in [-0.39, 0.29) is 12.2 Å². The molecule has 0 heterocycles. The van der Waals surface area contributed by atoms with Crippen LogP contribution < -0.4 is 18.9 Å². The SMILES string of the molecule is COc1ccc(COC(=O)c2cc(OC)c(OC)cc2OC)cc1. The molecule has 2 aromatic rings. The zero-order chi connectivity index (χ0) is 17.5. The standard InChI is InChI=1S/C18H20O6/c1-20-13-7-5-12(6-8-13)11-24-18(19)14-9-16(22-3)17(23-4)10-15(14)21-2/h5-10H,11H2,1-4H3. The smallest absolute Gasteiger partial charge is 0.342 e. The molecule has 0 spiro atoms. The largest absolute Gasteiger partial charge is 0.497 e. The molecule has 0 aromatic heterocycles. The zero-order valence-corrected chi connectivity index (χ0v) is 14.1. The summed E-state index contributed by atoms with van der Waals surface area (Å²) in [5.74, 6) is 1.48. The first kappa shape index (κ1) is 17.5. The highest BCUT2D eigenvalue weighted by molar-refractivity contribution is 5.93. The number of benzene rings is 2. The number of ether oxygens (including phenoxy) is 5. The van der Waals surface area contributed by atoms with Crippen LogP contribution in [0.4, 0.5) is 0 Å². The topological polar surface area (TPSA) is 63.2 Å². The van der Waals surface area contributed by atoms with Gasteiger partial charge in [-0.3, -0.25) is 0 Å². The van der Waals surface area contributed by atoms with Crippen LogP contribution in [0.2, 0.25) is 0 Å². The highest BCUT2D eigenvalue weighted by Gasteiger charge is 2.19. The molecule has 0 fully saturated rings. The van der Waals surface area contributed by atoms with Crippen molar-refractivity contribution in [2.45, 2.75) is 6.61 Å². The van der Waals surface area contributed by atoms with Gasteiger partial charge in [0, 0.05) is 12.1 Å². The third kappa shape index (κ3) is 3.90. The van der Waals surface area contributed by atoms with Crippen LogP contribution in [0.3, 0.4) is 0 Å². The third-order valence-corrected chi connectivity index (χ3v) is 3.45. The normalized spacial score (nSPS) is 10.0. The highest BCUT2D eigenvalue weighted by Crippen LogP contribution is 2.35. The van der Waals surface area contributed by atoms with E-state index < -0.39 is 5.97 Å². The number of methoxy groups -OCH3 is 4. The van der Waals surface area contributed by atoms with E-state index in [4.69, 9.17) is 23.7 Å². The van der Waals surface area contributed by atoms with Crippen molar-refractivity contribution in [3.63, 3.8) is 0 Å². The van der Waals surface area contributed by atoms with Crippen molar-refractivity contribution in [2.75, 3.05) is 28.4 Å². The van der Waals surface area contributed by atoms with Gasteiger partial charge in [0.25, 0.3) is 0 Å². The first-order chi connectivity index (χ1) is 11.6. The van der Waals surface area contributed by atoms with Crippen LogP contribution in [0, 0.1) is 0 Å². The Hall–Kier alpha value is -2.89. The maximum atomic E-state index is 12.4. The fraction of sp³-hybridized carbons (Fsp3) is 0.278. The predicted molar refractivity (Wildman–Crippen MR) is 88.2 cm³/mol. The average Bonchev–Trinajstić information content (AvgIpc) is 2.65. The molecule has 2 aromatic carbocycles. The summed E-state index contributed by atoms with van der Waals surface area (Å²) in [6, 6.07) is 10.4. The minimum Gasteiger partial charge on any atom is -0.497 e. The first-order valence-corrected chi connectivity index (χ1v) is 7.23. The van der Waals surface area contributed by atoms with Gasteiger partial charge < -0.3 is 23.7 Å². The Morgan fingerprint density at radius 1 is 0.792 bits per heavy atom. The van der Waals surface area contributed by atoms with Gasteiger partial charge in [0.15, 0.2) is 11.5 Å². The molecule has 0 radical (unpaired) electrons. The zero-order valence-electron chi connectivity index (χ0n) is 14.1. The molecule has 128 valence electrons. The summed E-state index contributed by atoms with van der Waals surface area (Å²) >= 11 is 0. The molecule has 0 bridgehead atoms. The highest BCUT2D eigenvalue weighted by atomic mass is 16.5. The van der Waals surface area contributed by atoms with E-state index in [2.05, 4.69) is 0 Å². The van der Waals surface area contributed by atoms with Crippen LogP contribution >= 0.6 is 0 Å². The van der Waals surface area contributed by atoms with E-state index in [0.29, 0.717) is 17.2 Å². The van der Waals surface area contributed by atoms with E-state index in [1.807, 2.05) is 12.1 Å². The molecule has 2 rings (SSSR count). The molecule has 0 amide bonds. The number of esters is 1. The lowest BCUT2D eigenvalue weighted by Gasteiger charge is -2.13. The average molecular weight is 332 g/mol. The molecule has 0 aliphatic rings. The van der Waals surface area contributed by atoms with Crippen molar-refractivity contribution in [3.8, 4) is 23.0 Å². The lowest BCUT2D eigenvalue weighted by atomic mass is 10.1. The molecule has 0 aliphatic heterocycles. The van der Waals surface area contributed by atoms with Crippen LogP contribution in [-0.4, -0.2) is 34.4 Å². The summed E-state index contributed by atoms with van der Waals surface area (Å²) in [6.45, 7) is 0.139. The second-order valence-electron chi connectivity index (χ2n) is 4.83. The Kier molecular flexibility index (Phi) is 5.89. The molecule has 24 heavy (non-hydrogen) atoms. The molecule has 0 saturated carbocycles. The van der Waals surface area contributed by atoms with Gasteiger partial charge in [0.2, 0.25) is 0 Å². The van der Waals surface area contributed by atoms with Gasteiger partial charge in [-0.25, -0.2) is 4.79 Å². The molecule has 6 nitrogen and oxygen atoms in total. The first-order valence-electron chi connectivity index (χ1n) is 7.23. The van der Waals surface area contributed by atoms with Crippen molar-refractivity contribution < 1.29 is 28.5 Å². The maximum Gasteiger partial charge on any atom is 0.342 e. The Balaban J connectivity index is 2.15. The molecular weight excluding hydrogens is 312 g/mol. The summed E-state index contributed by atoms with van der Waals surface area (Å²) in [4.78, 5) is 12.4. The molecule has 0 atom stereocenters. The van der Waals surface area contributed by atoms with Crippen molar-refractivity contribution in [2.24, 2.45) is 0 Å². The molecular formula is C18H20O6. The minimum atomic E-state index is -0.511. The summed E-state index contributed by atoms with van der Waals surface area (Å²) < 4.78 is 26.1. The summed E-state index contributed by atoms with van der Waals surface area (Å²) in [5, 5.41) is 0. The van der Waals surface area contributed by atoms with Crippen LogP contribution in [0.15, 0.2) is 36.4 Å². The number of hydrogen-bond donors (Lipinski definition) is 0. The van der Waals surface area contributed by atoms with Gasteiger partial charge in [-0.05, 0) is 17.7 Å². The van der Waals surface area contributed by atoms with Gasteiger partial charge in [0.05, 0.1) is 28.4 Å². The predicted octanol–water partition coefficient (Wildman–Crippen LogP) is 3.08. The fourth-order valence-corrected chi connectivity index (χ4v) is 2.14. The van der Waals surface area contributed by atoms with Gasteiger partial charge in [-0.1, -0.05) is 12.1 Å². The number of rotatable bonds is 7. The Morgan fingerprint density at radius 2 is 1.38 bits per heavy atom. The van der Waals surface area contributed by atoms with Crippen molar-refractivity contribution in [1.82, 2.24) is 0 Å². The number of carbonyl (C=O) groups is 1. The summed E-state index contributed by atoms with van der Waals surface area (Å²) in [6.07, 6.45) is 0. The molecule has 6 heteroatoms. The van der Waals surface area contributed by atoms with Crippen molar-refractivity contribution in [1.29, 1.82) is 0 Å². The molecule has 0 saturated heterocycles. The second-order valence-corrected chi connectivity index (χ2v) is 4.83. The third-order valence-electron chi connectivity index (χ3n) is 3.45. The van der Waals surface area contributed by atoms with Crippen LogP contribution in [0.1, 0.15) is 15.9 Å². The van der Waals surface area contributed by atoms with Gasteiger partial charge >= 0.3 is 5.97 Å². The van der Waals surface area contributed by atoms with E-state index in [0.717, 1.165) is 11.3 Å². The second kappa shape index (κ2) is 8.10. The summed E-state index contributed by atoms with van der Waals surface area (Å²) in [7, 11) is 6.08. The summed E-state index contributed by atoms with van der Waals surface area (Å²) in [5.41, 5.74) is 1.12. The van der Waals surface area contributed by atoms with Gasteiger partial charge in [-0.2, -0.15) is 0 Å². The molecule has 0 N–H and O–H groups in total. The van der Waals surface area contributed by atoms with E-state index in [1.165, 1.54) is 27.4 Å². The van der Waals surface area contributed by atoms with E-state index >= 15 is 0 Å². The lowest BCUT2D eigenvalue weighted by Crippen LogP contribution is -2.08. The van der Waals surface area contributed by atoms with Crippen LogP contribution in [0.5, 0.6) is 23.0 Å². The Morgan fingerprint density at radius 3 is 1.92 bits per heavy atom.